The second-order valence-corrected chi connectivity index (χ2v) is 3.40. The predicted molar refractivity (Wildman–Crippen MR) is 50.3 cm³/mol. The van der Waals surface area contributed by atoms with Crippen LogP contribution in [0.25, 0.3) is 0 Å². The molecule has 0 spiro atoms. The van der Waals surface area contributed by atoms with Crippen molar-refractivity contribution >= 4 is 33.2 Å². The fourth-order valence-corrected chi connectivity index (χ4v) is 1.82. The zero-order valence-electron chi connectivity index (χ0n) is 6.26. The quantitative estimate of drug-likeness (QED) is 0.469. The molecular formula is C7H4BrClFNO2. The van der Waals surface area contributed by atoms with Crippen molar-refractivity contribution in [2.75, 3.05) is 0 Å². The van der Waals surface area contributed by atoms with Crippen molar-refractivity contribution in [2.24, 2.45) is 0 Å². The Morgan fingerprint density at radius 1 is 1.62 bits per heavy atom. The van der Waals surface area contributed by atoms with Gasteiger partial charge in [-0.1, -0.05) is 15.9 Å². The van der Waals surface area contributed by atoms with Crippen molar-refractivity contribution in [1.82, 2.24) is 0 Å². The highest BCUT2D eigenvalue weighted by Crippen LogP contribution is 2.27. The second-order valence-electron chi connectivity index (χ2n) is 2.28. The Kier molecular flexibility index (Phi) is 3.22. The van der Waals surface area contributed by atoms with Gasteiger partial charge in [0.2, 0.25) is 0 Å². The van der Waals surface area contributed by atoms with E-state index in [4.69, 9.17) is 11.6 Å². The molecule has 0 bridgehead atoms. The summed E-state index contributed by atoms with van der Waals surface area (Å²) < 4.78 is 13.4. The Bertz CT molecular complexity index is 335. The summed E-state index contributed by atoms with van der Waals surface area (Å²) in [7, 11) is 0. The Morgan fingerprint density at radius 3 is 2.62 bits per heavy atom. The lowest BCUT2D eigenvalue weighted by Crippen LogP contribution is -1.93. The largest absolute Gasteiger partial charge is 0.273 e. The maximum Gasteiger partial charge on any atom is 0.273 e. The van der Waals surface area contributed by atoms with Gasteiger partial charge in [0, 0.05) is 16.1 Å². The Hall–Kier alpha value is -0.680. The van der Waals surface area contributed by atoms with Crippen molar-refractivity contribution in [3.8, 4) is 0 Å². The Balaban J connectivity index is 3.28. The summed E-state index contributed by atoms with van der Waals surface area (Å²) in [4.78, 5) is 9.63. The molecule has 1 aromatic rings. The maximum absolute atomic E-state index is 13.1. The van der Waals surface area contributed by atoms with Crippen LogP contribution in [0.15, 0.2) is 16.6 Å². The predicted octanol–water partition coefficient (Wildman–Crippen LogP) is 3.24. The Morgan fingerprint density at radius 2 is 2.23 bits per heavy atom. The zero-order valence-corrected chi connectivity index (χ0v) is 8.60. The van der Waals surface area contributed by atoms with Crippen LogP contribution in [0, 0.1) is 15.9 Å². The highest BCUT2D eigenvalue weighted by molar-refractivity contribution is 9.10. The molecule has 6 heteroatoms. The third kappa shape index (κ3) is 2.16. The van der Waals surface area contributed by atoms with Gasteiger partial charge in [-0.3, -0.25) is 10.1 Å². The normalized spacial score (nSPS) is 10.1. The summed E-state index contributed by atoms with van der Waals surface area (Å²) in [5, 5.41) is 10.3. The molecule has 0 N–H and O–H groups in total. The van der Waals surface area contributed by atoms with Crippen LogP contribution in [0.2, 0.25) is 0 Å². The van der Waals surface area contributed by atoms with E-state index in [-0.39, 0.29) is 17.1 Å². The minimum absolute atomic E-state index is 0.0234. The van der Waals surface area contributed by atoms with Gasteiger partial charge in [-0.15, -0.1) is 11.6 Å². The van der Waals surface area contributed by atoms with E-state index >= 15 is 0 Å². The lowest BCUT2D eigenvalue weighted by Gasteiger charge is -2.01. The first-order valence-corrected chi connectivity index (χ1v) is 4.57. The highest BCUT2D eigenvalue weighted by atomic mass is 79.9. The third-order valence-electron chi connectivity index (χ3n) is 1.47. The SMILES string of the molecule is O=[N+]([O-])c1cc(F)c(CCl)c(Br)c1. The summed E-state index contributed by atoms with van der Waals surface area (Å²) in [5.41, 5.74) is -0.0643. The van der Waals surface area contributed by atoms with Gasteiger partial charge < -0.3 is 0 Å². The molecule has 0 aliphatic rings. The van der Waals surface area contributed by atoms with Crippen molar-refractivity contribution in [3.63, 3.8) is 0 Å². The van der Waals surface area contributed by atoms with E-state index in [2.05, 4.69) is 15.9 Å². The molecule has 0 aliphatic carbocycles. The van der Waals surface area contributed by atoms with Gasteiger partial charge in [-0.2, -0.15) is 0 Å². The molecule has 13 heavy (non-hydrogen) atoms. The lowest BCUT2D eigenvalue weighted by atomic mass is 10.2. The maximum atomic E-state index is 13.1. The number of rotatable bonds is 2. The molecule has 0 unspecified atom stereocenters. The molecule has 0 heterocycles. The summed E-state index contributed by atoms with van der Waals surface area (Å²) in [6.45, 7) is 0. The van der Waals surface area contributed by atoms with Crippen LogP contribution in [0.1, 0.15) is 5.56 Å². The number of halogens is 3. The third-order valence-corrected chi connectivity index (χ3v) is 2.45. The molecule has 0 aromatic heterocycles. The average Bonchev–Trinajstić information content (AvgIpc) is 2.03. The topological polar surface area (TPSA) is 43.1 Å². The van der Waals surface area contributed by atoms with Gasteiger partial charge in [-0.25, -0.2) is 4.39 Å². The van der Waals surface area contributed by atoms with Crippen molar-refractivity contribution in [1.29, 1.82) is 0 Å². The van der Waals surface area contributed by atoms with Crippen LogP contribution in [0.3, 0.4) is 0 Å². The molecule has 0 saturated carbocycles. The number of hydrogen-bond acceptors (Lipinski definition) is 2. The van der Waals surface area contributed by atoms with E-state index in [0.717, 1.165) is 6.07 Å². The van der Waals surface area contributed by atoms with E-state index < -0.39 is 10.7 Å². The van der Waals surface area contributed by atoms with Crippen molar-refractivity contribution < 1.29 is 9.31 Å². The molecule has 70 valence electrons. The fourth-order valence-electron chi connectivity index (χ4n) is 0.823. The molecule has 1 aromatic carbocycles. The number of alkyl halides is 1. The van der Waals surface area contributed by atoms with E-state index in [9.17, 15) is 14.5 Å². The van der Waals surface area contributed by atoms with Crippen LogP contribution in [0.4, 0.5) is 10.1 Å². The van der Waals surface area contributed by atoms with Gasteiger partial charge in [-0.05, 0) is 0 Å². The number of benzene rings is 1. The minimum Gasteiger partial charge on any atom is -0.258 e. The van der Waals surface area contributed by atoms with Gasteiger partial charge in [0.15, 0.2) is 0 Å². The van der Waals surface area contributed by atoms with Gasteiger partial charge in [0.1, 0.15) is 5.82 Å². The van der Waals surface area contributed by atoms with Crippen LogP contribution in [-0.2, 0) is 5.88 Å². The fraction of sp³-hybridized carbons (Fsp3) is 0.143. The summed E-state index contributed by atoms with van der Waals surface area (Å²) in [6.07, 6.45) is 0. The average molecular weight is 268 g/mol. The van der Waals surface area contributed by atoms with Crippen molar-refractivity contribution in [3.05, 3.63) is 38.1 Å². The number of hydrogen-bond donors (Lipinski definition) is 0. The first kappa shape index (κ1) is 10.4. The van der Waals surface area contributed by atoms with Crippen LogP contribution in [-0.4, -0.2) is 4.92 Å². The van der Waals surface area contributed by atoms with Gasteiger partial charge >= 0.3 is 0 Å². The molecule has 0 saturated heterocycles. The number of nitro benzene ring substituents is 1. The summed E-state index contributed by atoms with van der Waals surface area (Å²) >= 11 is 8.43. The standard InChI is InChI=1S/C7H4BrClFNO2/c8-6-1-4(11(12)13)2-7(10)5(6)3-9/h1-2H,3H2. The Labute approximate surface area is 86.8 Å². The molecule has 0 aliphatic heterocycles. The number of nitro groups is 1. The molecule has 3 nitrogen and oxygen atoms in total. The summed E-state index contributed by atoms with van der Waals surface area (Å²) in [6, 6.07) is 2.07. The van der Waals surface area contributed by atoms with E-state index in [1.807, 2.05) is 0 Å². The van der Waals surface area contributed by atoms with Gasteiger partial charge in [0.05, 0.1) is 16.9 Å². The smallest absolute Gasteiger partial charge is 0.258 e. The first-order valence-electron chi connectivity index (χ1n) is 3.24. The molecule has 0 atom stereocenters. The molecule has 0 fully saturated rings. The molecule has 0 radical (unpaired) electrons. The van der Waals surface area contributed by atoms with E-state index in [0.29, 0.717) is 4.47 Å². The lowest BCUT2D eigenvalue weighted by molar-refractivity contribution is -0.385. The zero-order chi connectivity index (χ0) is 10.0. The molecule has 0 amide bonds. The van der Waals surface area contributed by atoms with E-state index in [1.165, 1.54) is 6.07 Å². The van der Waals surface area contributed by atoms with Gasteiger partial charge in [0.25, 0.3) is 5.69 Å². The number of non-ortho nitro benzene ring substituents is 1. The van der Waals surface area contributed by atoms with Crippen LogP contribution < -0.4 is 0 Å². The second kappa shape index (κ2) is 4.02. The number of nitrogens with zero attached hydrogens (tertiary/aromatic N) is 1. The first-order chi connectivity index (χ1) is 6.06. The molecular weight excluding hydrogens is 264 g/mol. The highest BCUT2D eigenvalue weighted by Gasteiger charge is 2.14. The summed E-state index contributed by atoms with van der Waals surface area (Å²) in [5.74, 6) is -0.694. The molecule has 1 rings (SSSR count). The van der Waals surface area contributed by atoms with Crippen LogP contribution >= 0.6 is 27.5 Å². The van der Waals surface area contributed by atoms with E-state index in [1.54, 1.807) is 0 Å². The monoisotopic (exact) mass is 267 g/mol. The van der Waals surface area contributed by atoms with Crippen molar-refractivity contribution in [2.45, 2.75) is 5.88 Å². The van der Waals surface area contributed by atoms with Crippen LogP contribution in [0.5, 0.6) is 0 Å². The minimum atomic E-state index is -0.670.